The van der Waals surface area contributed by atoms with E-state index in [1.54, 1.807) is 36.1 Å². The minimum Gasteiger partial charge on any atom is -0.487 e. The number of carbonyl (C=O) groups excluding carboxylic acids is 1. The Hall–Kier alpha value is -3.86. The Bertz CT molecular complexity index is 1190. The first-order chi connectivity index (χ1) is 14.2. The lowest BCUT2D eigenvalue weighted by Gasteiger charge is -2.16. The molecule has 0 saturated heterocycles. The number of rotatable bonds is 4. The van der Waals surface area contributed by atoms with Gasteiger partial charge < -0.3 is 14.8 Å². The number of nitriles is 1. The number of ether oxygens (including phenoxy) is 2. The number of nitrogens with one attached hydrogen (secondary N) is 1. The van der Waals surface area contributed by atoms with E-state index >= 15 is 0 Å². The smallest absolute Gasteiger partial charge is 0.257 e. The monoisotopic (exact) mass is 406 g/mol. The predicted octanol–water partition coefficient (Wildman–Crippen LogP) is 4.19. The highest BCUT2D eigenvalue weighted by molar-refractivity contribution is 6.04. The van der Waals surface area contributed by atoms with Crippen LogP contribution in [0.15, 0.2) is 42.6 Å². The fraction of sp³-hybridized carbons (Fsp3) is 0.227. The molecule has 0 bridgehead atoms. The van der Waals surface area contributed by atoms with Crippen LogP contribution in [0.3, 0.4) is 0 Å². The molecule has 30 heavy (non-hydrogen) atoms. The summed E-state index contributed by atoms with van der Waals surface area (Å²) in [6.45, 7) is 3.85. The zero-order valence-electron chi connectivity index (χ0n) is 16.7. The number of hydrogen-bond acceptors (Lipinski definition) is 5. The summed E-state index contributed by atoms with van der Waals surface area (Å²) in [7, 11) is 1.75. The van der Waals surface area contributed by atoms with Crippen LogP contribution >= 0.6 is 0 Å². The van der Waals surface area contributed by atoms with Crippen molar-refractivity contribution in [1.82, 2.24) is 9.78 Å². The molecule has 0 atom stereocenters. The third-order valence-electron chi connectivity index (χ3n) is 4.66. The first kappa shape index (κ1) is 19.5. The van der Waals surface area contributed by atoms with Gasteiger partial charge in [-0.05, 0) is 44.2 Å². The molecular weight excluding hydrogens is 387 g/mol. The normalized spacial score (nSPS) is 13.8. The van der Waals surface area contributed by atoms with Gasteiger partial charge in [0.15, 0.2) is 17.4 Å². The molecule has 1 aliphatic heterocycles. The second-order valence-electron chi connectivity index (χ2n) is 7.68. The standard InChI is InChI=1S/C22H19FN4O3/c1-22(2)11-15-18(29-17-5-4-13(12-24)8-16(17)23)9-14(10-19(15)30-22)21(28)25-20-6-7-27(3)26-20/h4-10H,11H2,1-3H3,(H,25,26,28). The molecular formula is C22H19FN4O3. The minimum atomic E-state index is -0.663. The van der Waals surface area contributed by atoms with Gasteiger partial charge in [-0.15, -0.1) is 0 Å². The van der Waals surface area contributed by atoms with Gasteiger partial charge in [0.1, 0.15) is 17.1 Å². The molecule has 1 aliphatic rings. The topological polar surface area (TPSA) is 89.2 Å². The maximum absolute atomic E-state index is 14.4. The summed E-state index contributed by atoms with van der Waals surface area (Å²) in [6.07, 6.45) is 2.25. The molecule has 7 nitrogen and oxygen atoms in total. The largest absolute Gasteiger partial charge is 0.487 e. The molecule has 3 aromatic rings. The average Bonchev–Trinajstić information content (AvgIpc) is 3.23. The molecule has 0 aliphatic carbocycles. The number of aromatic nitrogens is 2. The number of nitrogens with zero attached hydrogens (tertiary/aromatic N) is 3. The molecule has 0 saturated carbocycles. The number of aryl methyl sites for hydroxylation is 1. The second kappa shape index (κ2) is 7.19. The number of halogens is 1. The van der Waals surface area contributed by atoms with Gasteiger partial charge in [-0.1, -0.05) is 0 Å². The Kier molecular flexibility index (Phi) is 4.66. The van der Waals surface area contributed by atoms with Crippen LogP contribution in [0, 0.1) is 17.1 Å². The van der Waals surface area contributed by atoms with E-state index in [1.807, 2.05) is 19.9 Å². The first-order valence-corrected chi connectivity index (χ1v) is 9.28. The number of fused-ring (bicyclic) bond motifs is 1. The molecule has 0 fully saturated rings. The summed E-state index contributed by atoms with van der Waals surface area (Å²) in [5, 5.41) is 15.8. The lowest BCUT2D eigenvalue weighted by molar-refractivity contribution is 0.102. The molecule has 0 spiro atoms. The van der Waals surface area contributed by atoms with E-state index < -0.39 is 17.3 Å². The Balaban J connectivity index is 1.70. The summed E-state index contributed by atoms with van der Waals surface area (Å²) >= 11 is 0. The molecule has 1 N–H and O–H groups in total. The molecule has 0 unspecified atom stereocenters. The number of anilines is 1. The predicted molar refractivity (Wildman–Crippen MR) is 107 cm³/mol. The van der Waals surface area contributed by atoms with E-state index in [-0.39, 0.29) is 11.3 Å². The van der Waals surface area contributed by atoms with Crippen molar-refractivity contribution >= 4 is 11.7 Å². The molecule has 2 aromatic carbocycles. The Morgan fingerprint density at radius 1 is 1.30 bits per heavy atom. The van der Waals surface area contributed by atoms with Gasteiger partial charge in [0, 0.05) is 36.9 Å². The molecule has 0 radical (unpaired) electrons. The Labute approximate surface area is 172 Å². The molecule has 4 rings (SSSR count). The van der Waals surface area contributed by atoms with E-state index in [0.29, 0.717) is 29.3 Å². The van der Waals surface area contributed by atoms with Crippen molar-refractivity contribution in [2.24, 2.45) is 7.05 Å². The highest BCUT2D eigenvalue weighted by Crippen LogP contribution is 2.43. The number of carbonyl (C=O) groups is 1. The summed E-state index contributed by atoms with van der Waals surface area (Å²) in [6, 6.07) is 10.7. The number of benzene rings is 2. The van der Waals surface area contributed by atoms with Crippen molar-refractivity contribution in [2.75, 3.05) is 5.32 Å². The van der Waals surface area contributed by atoms with Crippen molar-refractivity contribution in [3.8, 4) is 23.3 Å². The Morgan fingerprint density at radius 2 is 2.10 bits per heavy atom. The van der Waals surface area contributed by atoms with E-state index in [0.717, 1.165) is 11.6 Å². The molecule has 2 heterocycles. The number of hydrogen-bond donors (Lipinski definition) is 1. The summed E-state index contributed by atoms with van der Waals surface area (Å²) in [5.74, 6) is 0.151. The summed E-state index contributed by atoms with van der Waals surface area (Å²) in [4.78, 5) is 12.8. The zero-order chi connectivity index (χ0) is 21.5. The van der Waals surface area contributed by atoms with E-state index in [2.05, 4.69) is 10.4 Å². The fourth-order valence-corrected chi connectivity index (χ4v) is 3.31. The van der Waals surface area contributed by atoms with Crippen molar-refractivity contribution in [1.29, 1.82) is 5.26 Å². The average molecular weight is 406 g/mol. The highest BCUT2D eigenvalue weighted by atomic mass is 19.1. The van der Waals surface area contributed by atoms with Crippen LogP contribution in [0.4, 0.5) is 10.2 Å². The summed E-state index contributed by atoms with van der Waals surface area (Å²) < 4.78 is 27.7. The van der Waals surface area contributed by atoms with Crippen LogP contribution in [0.2, 0.25) is 0 Å². The first-order valence-electron chi connectivity index (χ1n) is 9.28. The van der Waals surface area contributed by atoms with Crippen LogP contribution in [-0.4, -0.2) is 21.3 Å². The highest BCUT2D eigenvalue weighted by Gasteiger charge is 2.34. The quantitative estimate of drug-likeness (QED) is 0.702. The van der Waals surface area contributed by atoms with E-state index in [9.17, 15) is 9.18 Å². The third-order valence-corrected chi connectivity index (χ3v) is 4.66. The van der Waals surface area contributed by atoms with Gasteiger partial charge in [-0.2, -0.15) is 10.4 Å². The van der Waals surface area contributed by atoms with Crippen molar-refractivity contribution < 1.29 is 18.7 Å². The number of amides is 1. The van der Waals surface area contributed by atoms with Crippen LogP contribution in [0.5, 0.6) is 17.2 Å². The van der Waals surface area contributed by atoms with E-state index in [4.69, 9.17) is 14.7 Å². The van der Waals surface area contributed by atoms with Gasteiger partial charge in [-0.25, -0.2) is 4.39 Å². The molecule has 1 aromatic heterocycles. The lowest BCUT2D eigenvalue weighted by Crippen LogP contribution is -2.24. The van der Waals surface area contributed by atoms with Crippen LogP contribution in [-0.2, 0) is 13.5 Å². The van der Waals surface area contributed by atoms with Crippen LogP contribution < -0.4 is 14.8 Å². The van der Waals surface area contributed by atoms with Crippen molar-refractivity contribution in [3.05, 3.63) is 65.1 Å². The van der Waals surface area contributed by atoms with Crippen LogP contribution in [0.1, 0.15) is 35.3 Å². The van der Waals surface area contributed by atoms with Gasteiger partial charge in [0.2, 0.25) is 0 Å². The van der Waals surface area contributed by atoms with E-state index in [1.165, 1.54) is 12.1 Å². The van der Waals surface area contributed by atoms with Crippen molar-refractivity contribution in [2.45, 2.75) is 25.9 Å². The molecule has 152 valence electrons. The third kappa shape index (κ3) is 3.82. The minimum absolute atomic E-state index is 0.0387. The second-order valence-corrected chi connectivity index (χ2v) is 7.68. The van der Waals surface area contributed by atoms with Gasteiger partial charge in [0.05, 0.1) is 11.6 Å². The zero-order valence-corrected chi connectivity index (χ0v) is 16.7. The Morgan fingerprint density at radius 3 is 2.77 bits per heavy atom. The van der Waals surface area contributed by atoms with Gasteiger partial charge in [0.25, 0.3) is 5.91 Å². The summed E-state index contributed by atoms with van der Waals surface area (Å²) in [5.41, 5.74) is 0.747. The van der Waals surface area contributed by atoms with Gasteiger partial charge >= 0.3 is 0 Å². The lowest BCUT2D eigenvalue weighted by atomic mass is 9.99. The molecule has 8 heteroatoms. The van der Waals surface area contributed by atoms with Crippen LogP contribution in [0.25, 0.3) is 0 Å². The maximum atomic E-state index is 14.4. The maximum Gasteiger partial charge on any atom is 0.257 e. The van der Waals surface area contributed by atoms with Crippen molar-refractivity contribution in [3.63, 3.8) is 0 Å². The van der Waals surface area contributed by atoms with Gasteiger partial charge in [-0.3, -0.25) is 9.48 Å². The SMILES string of the molecule is Cn1ccc(NC(=O)c2cc(Oc3ccc(C#N)cc3F)c3c(c2)OC(C)(C)C3)n1. The fourth-order valence-electron chi connectivity index (χ4n) is 3.31. The molecule has 1 amide bonds.